The van der Waals surface area contributed by atoms with Gasteiger partial charge >= 0.3 is 0 Å². The van der Waals surface area contributed by atoms with Crippen molar-refractivity contribution in [1.82, 2.24) is 5.32 Å². The maximum absolute atomic E-state index is 13.1. The van der Waals surface area contributed by atoms with Crippen LogP contribution >= 0.6 is 0 Å². The van der Waals surface area contributed by atoms with Crippen LogP contribution in [0.3, 0.4) is 0 Å². The second-order valence-electron chi connectivity index (χ2n) is 4.27. The first-order valence-corrected chi connectivity index (χ1v) is 6.10. The molecule has 1 heterocycles. The Kier molecular flexibility index (Phi) is 3.99. The molecule has 6 heteroatoms. The van der Waals surface area contributed by atoms with Gasteiger partial charge in [-0.05, 0) is 19.1 Å². The predicted octanol–water partition coefficient (Wildman–Crippen LogP) is 1.30. The minimum absolute atomic E-state index is 0.135. The van der Waals surface area contributed by atoms with Gasteiger partial charge in [-0.3, -0.25) is 9.59 Å². The second kappa shape index (κ2) is 5.69. The van der Waals surface area contributed by atoms with Gasteiger partial charge < -0.3 is 15.4 Å². The lowest BCUT2D eigenvalue weighted by Crippen LogP contribution is -2.25. The van der Waals surface area contributed by atoms with E-state index in [0.717, 1.165) is 0 Å². The van der Waals surface area contributed by atoms with Crippen LogP contribution in [0.1, 0.15) is 13.3 Å². The molecule has 1 aromatic carbocycles. The van der Waals surface area contributed by atoms with E-state index in [0.29, 0.717) is 18.8 Å². The molecule has 5 nitrogen and oxygen atoms in total. The van der Waals surface area contributed by atoms with Crippen LogP contribution < -0.4 is 15.4 Å². The number of carbonyl (C=O) groups excluding carboxylic acids is 2. The van der Waals surface area contributed by atoms with Crippen molar-refractivity contribution in [3.8, 4) is 5.75 Å². The Labute approximate surface area is 110 Å². The molecule has 0 spiro atoms. The summed E-state index contributed by atoms with van der Waals surface area (Å²) >= 11 is 0. The largest absolute Gasteiger partial charge is 0.492 e. The van der Waals surface area contributed by atoms with E-state index in [4.69, 9.17) is 4.74 Å². The fourth-order valence-electron chi connectivity index (χ4n) is 1.90. The summed E-state index contributed by atoms with van der Waals surface area (Å²) in [5.41, 5.74) is 0.410. The van der Waals surface area contributed by atoms with Crippen molar-refractivity contribution in [3.63, 3.8) is 0 Å². The van der Waals surface area contributed by atoms with Gasteiger partial charge in [-0.25, -0.2) is 4.39 Å². The Hall–Kier alpha value is -2.11. The van der Waals surface area contributed by atoms with E-state index in [9.17, 15) is 14.0 Å². The number of nitrogens with one attached hydrogen (secondary N) is 2. The van der Waals surface area contributed by atoms with E-state index in [1.165, 1.54) is 18.2 Å². The highest BCUT2D eigenvalue weighted by molar-refractivity contribution is 5.98. The molecule has 2 amide bonds. The van der Waals surface area contributed by atoms with Crippen molar-refractivity contribution in [1.29, 1.82) is 0 Å². The topological polar surface area (TPSA) is 67.4 Å². The third kappa shape index (κ3) is 3.21. The first-order chi connectivity index (χ1) is 9.10. The first kappa shape index (κ1) is 13.3. The Morgan fingerprint density at radius 1 is 1.58 bits per heavy atom. The van der Waals surface area contributed by atoms with Crippen molar-refractivity contribution in [2.75, 3.05) is 18.5 Å². The van der Waals surface area contributed by atoms with Gasteiger partial charge in [0.15, 0.2) is 0 Å². The summed E-state index contributed by atoms with van der Waals surface area (Å²) < 4.78 is 18.4. The second-order valence-corrected chi connectivity index (χ2v) is 4.27. The van der Waals surface area contributed by atoms with E-state index in [2.05, 4.69) is 10.6 Å². The highest BCUT2D eigenvalue weighted by atomic mass is 19.1. The zero-order valence-electron chi connectivity index (χ0n) is 10.5. The van der Waals surface area contributed by atoms with Crippen LogP contribution in [0.25, 0.3) is 0 Å². The van der Waals surface area contributed by atoms with Crippen molar-refractivity contribution in [2.45, 2.75) is 13.3 Å². The Bertz CT molecular complexity index is 505. The third-order valence-corrected chi connectivity index (χ3v) is 2.85. The number of rotatable bonds is 4. The highest BCUT2D eigenvalue weighted by Crippen LogP contribution is 2.26. The highest BCUT2D eigenvalue weighted by Gasteiger charge is 2.28. The average molecular weight is 266 g/mol. The van der Waals surface area contributed by atoms with Crippen LogP contribution in [0.15, 0.2) is 18.2 Å². The van der Waals surface area contributed by atoms with Gasteiger partial charge in [0.1, 0.15) is 11.6 Å². The lowest BCUT2D eigenvalue weighted by molar-refractivity contribution is -0.123. The maximum atomic E-state index is 13.1. The normalized spacial score (nSPS) is 18.0. The molecule has 19 heavy (non-hydrogen) atoms. The van der Waals surface area contributed by atoms with Gasteiger partial charge in [0, 0.05) is 19.0 Å². The maximum Gasteiger partial charge on any atom is 0.229 e. The van der Waals surface area contributed by atoms with Crippen LogP contribution in [0.4, 0.5) is 10.1 Å². The number of carbonyl (C=O) groups is 2. The lowest BCUT2D eigenvalue weighted by Gasteiger charge is -2.13. The summed E-state index contributed by atoms with van der Waals surface area (Å²) in [4.78, 5) is 23.0. The summed E-state index contributed by atoms with van der Waals surface area (Å²) in [6, 6.07) is 3.91. The number of benzene rings is 1. The summed E-state index contributed by atoms with van der Waals surface area (Å²) in [5, 5.41) is 5.26. The van der Waals surface area contributed by atoms with E-state index < -0.39 is 11.7 Å². The lowest BCUT2D eigenvalue weighted by atomic mass is 10.1. The Morgan fingerprint density at radius 3 is 3.00 bits per heavy atom. The quantitative estimate of drug-likeness (QED) is 0.863. The minimum atomic E-state index is -0.431. The van der Waals surface area contributed by atoms with E-state index in [1.807, 2.05) is 0 Å². The molecule has 0 aliphatic carbocycles. The van der Waals surface area contributed by atoms with Gasteiger partial charge in [-0.1, -0.05) is 0 Å². The molecule has 1 fully saturated rings. The van der Waals surface area contributed by atoms with Gasteiger partial charge in [-0.2, -0.15) is 0 Å². The number of ether oxygens (including phenoxy) is 1. The molecule has 1 atom stereocenters. The average Bonchev–Trinajstić information content (AvgIpc) is 2.80. The van der Waals surface area contributed by atoms with Crippen molar-refractivity contribution in [3.05, 3.63) is 24.0 Å². The number of hydrogen-bond acceptors (Lipinski definition) is 3. The standard InChI is InChI=1S/C13H15FN2O3/c1-2-19-11-6-9(14)3-4-10(11)16-13(18)8-5-12(17)15-7-8/h3-4,6,8H,2,5,7H2,1H3,(H,15,17)(H,16,18). The molecule has 1 aromatic rings. The van der Waals surface area contributed by atoms with E-state index in [1.54, 1.807) is 6.92 Å². The van der Waals surface area contributed by atoms with Crippen LogP contribution in [0.2, 0.25) is 0 Å². The predicted molar refractivity (Wildman–Crippen MR) is 67.3 cm³/mol. The van der Waals surface area contributed by atoms with Crippen molar-refractivity contribution in [2.24, 2.45) is 5.92 Å². The van der Waals surface area contributed by atoms with Gasteiger partial charge in [0.25, 0.3) is 0 Å². The zero-order valence-corrected chi connectivity index (χ0v) is 10.5. The molecule has 1 aliphatic heterocycles. The molecule has 1 aliphatic rings. The SMILES string of the molecule is CCOc1cc(F)ccc1NC(=O)C1CNC(=O)C1. The molecule has 0 bridgehead atoms. The molecule has 1 saturated heterocycles. The molecular formula is C13H15FN2O3. The fraction of sp³-hybridized carbons (Fsp3) is 0.385. The molecule has 2 rings (SSSR count). The first-order valence-electron chi connectivity index (χ1n) is 6.10. The molecule has 0 radical (unpaired) electrons. The van der Waals surface area contributed by atoms with Crippen LogP contribution in [0.5, 0.6) is 5.75 Å². The van der Waals surface area contributed by atoms with E-state index >= 15 is 0 Å². The Balaban J connectivity index is 2.09. The van der Waals surface area contributed by atoms with Gasteiger partial charge in [0.05, 0.1) is 18.2 Å². The molecule has 102 valence electrons. The van der Waals surface area contributed by atoms with Gasteiger partial charge in [0.2, 0.25) is 11.8 Å². The summed E-state index contributed by atoms with van der Waals surface area (Å²) in [5.74, 6) is -0.950. The molecule has 0 saturated carbocycles. The monoisotopic (exact) mass is 266 g/mol. The number of hydrogen-bond donors (Lipinski definition) is 2. The summed E-state index contributed by atoms with van der Waals surface area (Å²) in [6.45, 7) is 2.47. The molecular weight excluding hydrogens is 251 g/mol. The fourth-order valence-corrected chi connectivity index (χ4v) is 1.90. The van der Waals surface area contributed by atoms with Crippen LogP contribution in [-0.2, 0) is 9.59 Å². The number of anilines is 1. The van der Waals surface area contributed by atoms with Gasteiger partial charge in [-0.15, -0.1) is 0 Å². The number of amides is 2. The Morgan fingerprint density at radius 2 is 2.37 bits per heavy atom. The summed E-state index contributed by atoms with van der Waals surface area (Å²) in [7, 11) is 0. The van der Waals surface area contributed by atoms with Crippen LogP contribution in [0, 0.1) is 11.7 Å². The molecule has 0 aromatic heterocycles. The number of halogens is 1. The minimum Gasteiger partial charge on any atom is -0.492 e. The van der Waals surface area contributed by atoms with Crippen molar-refractivity contribution < 1.29 is 18.7 Å². The third-order valence-electron chi connectivity index (χ3n) is 2.85. The smallest absolute Gasteiger partial charge is 0.229 e. The summed E-state index contributed by atoms with van der Waals surface area (Å²) in [6.07, 6.45) is 0.178. The van der Waals surface area contributed by atoms with Crippen molar-refractivity contribution >= 4 is 17.5 Å². The van der Waals surface area contributed by atoms with Crippen LogP contribution in [-0.4, -0.2) is 25.0 Å². The molecule has 2 N–H and O–H groups in total. The molecule has 1 unspecified atom stereocenters. The zero-order chi connectivity index (χ0) is 13.8. The van der Waals surface area contributed by atoms with E-state index in [-0.39, 0.29) is 24.0 Å².